The molecule has 8 heteroatoms. The Hall–Kier alpha value is -1.18. The van der Waals surface area contributed by atoms with E-state index in [1.165, 1.54) is 0 Å². The Morgan fingerprint density at radius 3 is 2.40 bits per heavy atom. The van der Waals surface area contributed by atoms with Crippen LogP contribution in [0.25, 0.3) is 0 Å². The van der Waals surface area contributed by atoms with Gasteiger partial charge in [-0.15, -0.1) is 0 Å². The summed E-state index contributed by atoms with van der Waals surface area (Å²) in [5.41, 5.74) is -2.30. The van der Waals surface area contributed by atoms with Crippen LogP contribution in [-0.4, -0.2) is 20.8 Å². The molecule has 1 atom stereocenters. The van der Waals surface area contributed by atoms with Crippen LogP contribution in [0.3, 0.4) is 0 Å². The third-order valence-electron chi connectivity index (χ3n) is 4.09. The smallest absolute Gasteiger partial charge is 0.382 e. The van der Waals surface area contributed by atoms with Crippen molar-refractivity contribution in [2.45, 2.75) is 50.4 Å². The Kier molecular flexibility index (Phi) is 2.71. The zero-order valence-corrected chi connectivity index (χ0v) is 10.6. The summed E-state index contributed by atoms with van der Waals surface area (Å²) in [6.45, 7) is 1.94. The summed E-state index contributed by atoms with van der Waals surface area (Å²) >= 11 is 0. The molecule has 20 heavy (non-hydrogen) atoms. The topological polar surface area (TPSA) is 38.0 Å². The maximum atomic E-state index is 13.5. The molecule has 0 unspecified atom stereocenters. The van der Waals surface area contributed by atoms with E-state index in [9.17, 15) is 27.1 Å². The van der Waals surface area contributed by atoms with Gasteiger partial charge in [0.2, 0.25) is 0 Å². The van der Waals surface area contributed by atoms with E-state index in [2.05, 4.69) is 5.10 Å². The van der Waals surface area contributed by atoms with Crippen LogP contribution in [0.2, 0.25) is 0 Å². The molecule has 3 rings (SSSR count). The second-order valence-corrected chi connectivity index (χ2v) is 5.72. The molecule has 0 amide bonds. The molecule has 0 aliphatic heterocycles. The van der Waals surface area contributed by atoms with Crippen molar-refractivity contribution in [3.05, 3.63) is 17.0 Å². The largest absolute Gasteiger partial charge is 0.435 e. The average Bonchev–Trinajstić information content (AvgIpc) is 2.71. The number of halogens is 5. The third-order valence-corrected chi connectivity index (χ3v) is 4.09. The fraction of sp³-hybridized carbons (Fsp3) is 0.750. The van der Waals surface area contributed by atoms with Gasteiger partial charge in [0.1, 0.15) is 6.10 Å². The van der Waals surface area contributed by atoms with E-state index in [1.807, 2.05) is 6.92 Å². The maximum Gasteiger partial charge on any atom is 0.435 e. The Morgan fingerprint density at radius 1 is 1.30 bits per heavy atom. The number of alkyl halides is 5. The van der Waals surface area contributed by atoms with Gasteiger partial charge in [0.15, 0.2) is 5.69 Å². The maximum absolute atomic E-state index is 13.5. The molecule has 1 heterocycles. The molecular formula is C12H13F5N2O. The first kappa shape index (κ1) is 13.8. The molecule has 2 aliphatic carbocycles. The van der Waals surface area contributed by atoms with Crippen molar-refractivity contribution in [3.63, 3.8) is 0 Å². The van der Waals surface area contributed by atoms with Crippen LogP contribution in [-0.2, 0) is 12.6 Å². The molecule has 1 aromatic heterocycles. The Bertz CT molecular complexity index is 545. The first-order chi connectivity index (χ1) is 9.11. The molecule has 112 valence electrons. The second-order valence-electron chi connectivity index (χ2n) is 5.72. The number of hydrogen-bond donors (Lipinski definition) is 1. The molecule has 1 aromatic rings. The van der Waals surface area contributed by atoms with Crippen molar-refractivity contribution in [3.8, 4) is 0 Å². The highest BCUT2D eigenvalue weighted by Gasteiger charge is 2.55. The Morgan fingerprint density at radius 2 is 1.90 bits per heavy atom. The summed E-state index contributed by atoms with van der Waals surface area (Å²) in [5.74, 6) is -3.22. The molecular weight excluding hydrogens is 283 g/mol. The fourth-order valence-corrected chi connectivity index (χ4v) is 3.05. The number of fused-ring (bicyclic) bond motifs is 1. The Balaban J connectivity index is 2.09. The van der Waals surface area contributed by atoms with Gasteiger partial charge in [0, 0.05) is 5.56 Å². The first-order valence-electron chi connectivity index (χ1n) is 6.35. The van der Waals surface area contributed by atoms with E-state index in [1.54, 1.807) is 0 Å². The van der Waals surface area contributed by atoms with Crippen LogP contribution < -0.4 is 0 Å². The SMILES string of the molecule is C[C@H]1C[C@@H](n2nc(C(F)(F)F)c3c2CC(F)(F)[C@H]3O)C1. The number of hydrogen-bond acceptors (Lipinski definition) is 2. The molecule has 0 bridgehead atoms. The van der Waals surface area contributed by atoms with Gasteiger partial charge >= 0.3 is 6.18 Å². The van der Waals surface area contributed by atoms with Crippen molar-refractivity contribution in [2.75, 3.05) is 0 Å². The standard InChI is InChI=1S/C12H13F5N2O/c1-5-2-6(3-5)19-7-4-11(13,14)10(20)8(7)9(18-19)12(15,16)17/h5-6,10,20H,2-4H2,1H3/t5-,6+,10-/m0/s1. The van der Waals surface area contributed by atoms with Gasteiger partial charge in [-0.25, -0.2) is 8.78 Å². The molecule has 1 fully saturated rings. The van der Waals surface area contributed by atoms with Gasteiger partial charge in [-0.05, 0) is 18.8 Å². The van der Waals surface area contributed by atoms with Crippen LogP contribution in [0.4, 0.5) is 22.0 Å². The summed E-state index contributed by atoms with van der Waals surface area (Å²) in [7, 11) is 0. The van der Waals surface area contributed by atoms with E-state index >= 15 is 0 Å². The van der Waals surface area contributed by atoms with E-state index < -0.39 is 35.9 Å². The van der Waals surface area contributed by atoms with Gasteiger partial charge in [-0.1, -0.05) is 6.92 Å². The van der Waals surface area contributed by atoms with E-state index in [0.717, 1.165) is 4.68 Å². The lowest BCUT2D eigenvalue weighted by molar-refractivity contribution is -0.146. The van der Waals surface area contributed by atoms with E-state index in [0.29, 0.717) is 18.8 Å². The first-order valence-corrected chi connectivity index (χ1v) is 6.35. The van der Waals surface area contributed by atoms with E-state index in [4.69, 9.17) is 0 Å². The molecule has 0 saturated heterocycles. The highest BCUT2D eigenvalue weighted by atomic mass is 19.4. The van der Waals surface area contributed by atoms with Crippen LogP contribution in [0.5, 0.6) is 0 Å². The fourth-order valence-electron chi connectivity index (χ4n) is 3.05. The molecule has 1 N–H and O–H groups in total. The van der Waals surface area contributed by atoms with E-state index in [-0.39, 0.29) is 11.7 Å². The normalized spacial score (nSPS) is 32.0. The quantitative estimate of drug-likeness (QED) is 0.809. The van der Waals surface area contributed by atoms with Crippen molar-refractivity contribution in [1.82, 2.24) is 9.78 Å². The van der Waals surface area contributed by atoms with Gasteiger partial charge in [-0.2, -0.15) is 18.3 Å². The lowest BCUT2D eigenvalue weighted by atomic mass is 9.82. The number of rotatable bonds is 1. The summed E-state index contributed by atoms with van der Waals surface area (Å²) < 4.78 is 66.8. The minimum atomic E-state index is -4.84. The monoisotopic (exact) mass is 296 g/mol. The molecule has 3 nitrogen and oxygen atoms in total. The molecule has 1 saturated carbocycles. The number of nitrogens with zero attached hydrogens (tertiary/aromatic N) is 2. The lowest BCUT2D eigenvalue weighted by Crippen LogP contribution is -2.29. The van der Waals surface area contributed by atoms with Gasteiger partial charge in [-0.3, -0.25) is 4.68 Å². The van der Waals surface area contributed by atoms with Crippen molar-refractivity contribution in [1.29, 1.82) is 0 Å². The molecule has 0 aromatic carbocycles. The van der Waals surface area contributed by atoms with Crippen molar-refractivity contribution in [2.24, 2.45) is 5.92 Å². The molecule has 0 radical (unpaired) electrons. The predicted octanol–water partition coefficient (Wildman–Crippen LogP) is 3.10. The third kappa shape index (κ3) is 1.84. The van der Waals surface area contributed by atoms with Gasteiger partial charge in [0.05, 0.1) is 18.2 Å². The van der Waals surface area contributed by atoms with Gasteiger partial charge in [0.25, 0.3) is 5.92 Å². The minimum absolute atomic E-state index is 0.174. The zero-order valence-electron chi connectivity index (χ0n) is 10.6. The molecule has 2 aliphatic rings. The molecule has 0 spiro atoms. The number of aromatic nitrogens is 2. The zero-order chi connectivity index (χ0) is 14.9. The Labute approximate surface area is 111 Å². The van der Waals surface area contributed by atoms with Crippen molar-refractivity contribution >= 4 is 0 Å². The summed E-state index contributed by atoms with van der Waals surface area (Å²) in [4.78, 5) is 0. The van der Waals surface area contributed by atoms with Crippen LogP contribution in [0, 0.1) is 5.92 Å². The predicted molar refractivity (Wildman–Crippen MR) is 58.3 cm³/mol. The highest BCUT2D eigenvalue weighted by molar-refractivity contribution is 5.38. The second kappa shape index (κ2) is 3.93. The van der Waals surface area contributed by atoms with Crippen LogP contribution in [0.1, 0.15) is 48.9 Å². The number of aliphatic hydroxyl groups is 1. The summed E-state index contributed by atoms with van der Waals surface area (Å²) in [6.07, 6.45) is -6.93. The highest BCUT2D eigenvalue weighted by Crippen LogP contribution is 2.50. The lowest BCUT2D eigenvalue weighted by Gasteiger charge is -2.33. The summed E-state index contributed by atoms with van der Waals surface area (Å²) in [6, 6.07) is -0.282. The average molecular weight is 296 g/mol. The summed E-state index contributed by atoms with van der Waals surface area (Å²) in [5, 5.41) is 13.0. The van der Waals surface area contributed by atoms with Crippen molar-refractivity contribution < 1.29 is 27.1 Å². The van der Waals surface area contributed by atoms with Crippen LogP contribution in [0.15, 0.2) is 0 Å². The minimum Gasteiger partial charge on any atom is -0.382 e. The van der Waals surface area contributed by atoms with Crippen LogP contribution >= 0.6 is 0 Å². The van der Waals surface area contributed by atoms with Gasteiger partial charge < -0.3 is 5.11 Å². The number of aliphatic hydroxyl groups excluding tert-OH is 1.